The van der Waals surface area contributed by atoms with E-state index in [1.165, 1.54) is 5.12 Å². The van der Waals surface area contributed by atoms with E-state index in [9.17, 15) is 9.59 Å². The normalized spacial score (nSPS) is 16.3. The van der Waals surface area contributed by atoms with Gasteiger partial charge in [-0.3, -0.25) is 9.59 Å². The summed E-state index contributed by atoms with van der Waals surface area (Å²) in [6, 6.07) is 16.5. The number of ketones is 1. The molecular weight excluding hydrogens is 388 g/mol. The van der Waals surface area contributed by atoms with Gasteiger partial charge in [0.1, 0.15) is 30.0 Å². The highest BCUT2D eigenvalue weighted by Gasteiger charge is 2.23. The average molecular weight is 412 g/mol. The van der Waals surface area contributed by atoms with Crippen LogP contribution in [0.25, 0.3) is 0 Å². The highest BCUT2D eigenvalue weighted by molar-refractivity contribution is 5.84. The molecule has 1 aliphatic rings. The fraction of sp³-hybridized carbons (Fsp3) is 0.333. The van der Waals surface area contributed by atoms with Gasteiger partial charge in [-0.15, -0.1) is 5.11 Å². The third-order valence-corrected chi connectivity index (χ3v) is 4.34. The van der Waals surface area contributed by atoms with E-state index in [1.807, 2.05) is 30.3 Å². The monoisotopic (exact) mass is 412 g/mol. The van der Waals surface area contributed by atoms with Crippen LogP contribution in [-0.4, -0.2) is 40.8 Å². The Balaban J connectivity index is 1.42. The number of rotatable bonds is 11. The van der Waals surface area contributed by atoms with E-state index in [-0.39, 0.29) is 24.9 Å². The van der Waals surface area contributed by atoms with Gasteiger partial charge in [-0.25, -0.2) is 5.12 Å². The van der Waals surface area contributed by atoms with Gasteiger partial charge in [0, 0.05) is 6.42 Å². The maximum absolute atomic E-state index is 12.4. The number of nitrogens with one attached hydrogen (secondary N) is 1. The summed E-state index contributed by atoms with van der Waals surface area (Å²) >= 11 is 0. The van der Waals surface area contributed by atoms with Crippen molar-refractivity contribution in [3.8, 4) is 17.2 Å². The fourth-order valence-corrected chi connectivity index (χ4v) is 2.75. The van der Waals surface area contributed by atoms with Crippen molar-refractivity contribution in [3.63, 3.8) is 0 Å². The number of para-hydroxylation sites is 1. The van der Waals surface area contributed by atoms with Gasteiger partial charge in [0.15, 0.2) is 11.9 Å². The largest absolute Gasteiger partial charge is 0.483 e. The number of benzene rings is 2. The number of nitrogens with zero attached hydrogens (tertiary/aromatic N) is 3. The number of hydrogen-bond donors (Lipinski definition) is 2. The summed E-state index contributed by atoms with van der Waals surface area (Å²) in [5, 5.41) is 17.9. The molecule has 2 N–H and O–H groups in total. The molecule has 30 heavy (non-hydrogen) atoms. The smallest absolute Gasteiger partial charge is 0.303 e. The predicted octanol–water partition coefficient (Wildman–Crippen LogP) is 3.58. The molecule has 0 bridgehead atoms. The van der Waals surface area contributed by atoms with Gasteiger partial charge >= 0.3 is 5.97 Å². The number of ether oxygens (including phenoxy) is 2. The zero-order valence-electron chi connectivity index (χ0n) is 16.6. The van der Waals surface area contributed by atoms with Crippen molar-refractivity contribution in [2.75, 3.05) is 6.54 Å². The van der Waals surface area contributed by atoms with Crippen molar-refractivity contribution >= 4 is 11.8 Å². The van der Waals surface area contributed by atoms with Crippen LogP contribution in [0.5, 0.6) is 17.2 Å². The summed E-state index contributed by atoms with van der Waals surface area (Å²) in [5.74, 6) is 0.949. The Bertz CT molecular complexity index is 873. The molecule has 158 valence electrons. The summed E-state index contributed by atoms with van der Waals surface area (Å²) in [6.45, 7) is 1.67. The maximum atomic E-state index is 12.4. The Morgan fingerprint density at radius 2 is 1.77 bits per heavy atom. The highest BCUT2D eigenvalue weighted by atomic mass is 16.5. The van der Waals surface area contributed by atoms with Gasteiger partial charge in [-0.1, -0.05) is 23.4 Å². The highest BCUT2D eigenvalue weighted by Crippen LogP contribution is 2.24. The summed E-state index contributed by atoms with van der Waals surface area (Å²) < 4.78 is 11.4. The quantitative estimate of drug-likeness (QED) is 0.580. The number of Topliss-reactive ketones (excluding diaryl/α,β-unsaturated/α-hetero) is 1. The number of hydrogen-bond acceptors (Lipinski definition) is 8. The zero-order chi connectivity index (χ0) is 21.3. The lowest BCUT2D eigenvalue weighted by Gasteiger charge is -2.18. The lowest BCUT2D eigenvalue weighted by molar-refractivity contribution is -0.137. The third-order valence-electron chi connectivity index (χ3n) is 4.34. The number of carboxylic acid groups (broad SMARTS) is 1. The van der Waals surface area contributed by atoms with Crippen LogP contribution in [0, 0.1) is 0 Å². The van der Waals surface area contributed by atoms with Gasteiger partial charge in [-0.2, -0.15) is 5.43 Å². The molecule has 2 atom stereocenters. The molecule has 0 radical (unpaired) electrons. The van der Waals surface area contributed by atoms with Gasteiger partial charge in [0.2, 0.25) is 0 Å². The molecule has 2 aromatic carbocycles. The predicted molar refractivity (Wildman–Crippen MR) is 108 cm³/mol. The first-order valence-electron chi connectivity index (χ1n) is 9.68. The minimum absolute atomic E-state index is 0.00466. The maximum Gasteiger partial charge on any atom is 0.303 e. The first kappa shape index (κ1) is 21.3. The standard InChI is InChI=1S/C21H24N4O5/c1-15(19(26)14-25-23-20(22-24-25)8-5-9-21(27)28)29-17-10-12-18(13-11-17)30-16-6-3-2-4-7-16/h2-4,6-7,10-13,15,20,23H,5,8-9,14H2,1H3,(H,27,28). The molecule has 2 unspecified atom stereocenters. The first-order valence-corrected chi connectivity index (χ1v) is 9.68. The lowest BCUT2D eigenvalue weighted by atomic mass is 10.2. The molecule has 1 aliphatic heterocycles. The molecule has 0 aromatic heterocycles. The van der Waals surface area contributed by atoms with Gasteiger partial charge in [0.25, 0.3) is 0 Å². The molecule has 0 amide bonds. The molecule has 0 saturated heterocycles. The zero-order valence-corrected chi connectivity index (χ0v) is 16.6. The van der Waals surface area contributed by atoms with Crippen molar-refractivity contribution in [1.29, 1.82) is 0 Å². The van der Waals surface area contributed by atoms with E-state index in [0.717, 1.165) is 5.75 Å². The molecule has 3 rings (SSSR count). The second-order valence-corrected chi connectivity index (χ2v) is 6.81. The number of hydrazine groups is 1. The molecular formula is C21H24N4O5. The van der Waals surface area contributed by atoms with Crippen molar-refractivity contribution in [3.05, 3.63) is 54.6 Å². The minimum atomic E-state index is -0.845. The summed E-state index contributed by atoms with van der Waals surface area (Å²) in [7, 11) is 0. The molecule has 9 heteroatoms. The Morgan fingerprint density at radius 3 is 2.47 bits per heavy atom. The SMILES string of the molecule is CC(Oc1ccc(Oc2ccccc2)cc1)C(=O)CN1N=NC(CCCC(=O)O)N1. The van der Waals surface area contributed by atoms with E-state index in [1.54, 1.807) is 31.2 Å². The van der Waals surface area contributed by atoms with Gasteiger partial charge in [-0.05, 0) is 56.2 Å². The second-order valence-electron chi connectivity index (χ2n) is 6.81. The number of aliphatic carboxylic acids is 1. The second kappa shape index (κ2) is 10.4. The fourth-order valence-electron chi connectivity index (χ4n) is 2.75. The molecule has 9 nitrogen and oxygen atoms in total. The van der Waals surface area contributed by atoms with Crippen LogP contribution in [0.2, 0.25) is 0 Å². The summed E-state index contributed by atoms with van der Waals surface area (Å²) in [4.78, 5) is 23.0. The Kier molecular flexibility index (Phi) is 7.34. The first-order chi connectivity index (χ1) is 14.5. The van der Waals surface area contributed by atoms with E-state index in [4.69, 9.17) is 14.6 Å². The Labute approximate surface area is 174 Å². The van der Waals surface area contributed by atoms with E-state index in [2.05, 4.69) is 15.8 Å². The Morgan fingerprint density at radius 1 is 1.10 bits per heavy atom. The van der Waals surface area contributed by atoms with Crippen LogP contribution < -0.4 is 14.9 Å². The molecule has 0 aliphatic carbocycles. The van der Waals surface area contributed by atoms with Crippen LogP contribution in [0.3, 0.4) is 0 Å². The van der Waals surface area contributed by atoms with Crippen LogP contribution in [-0.2, 0) is 9.59 Å². The molecule has 2 aromatic rings. The minimum Gasteiger partial charge on any atom is -0.483 e. The summed E-state index contributed by atoms with van der Waals surface area (Å²) in [5.41, 5.74) is 2.96. The van der Waals surface area contributed by atoms with E-state index >= 15 is 0 Å². The van der Waals surface area contributed by atoms with E-state index < -0.39 is 12.1 Å². The van der Waals surface area contributed by atoms with Crippen molar-refractivity contribution in [2.45, 2.75) is 38.5 Å². The third kappa shape index (κ3) is 6.56. The van der Waals surface area contributed by atoms with Crippen molar-refractivity contribution in [2.24, 2.45) is 10.3 Å². The Hall–Kier alpha value is -3.46. The topological polar surface area (TPSA) is 113 Å². The molecule has 0 spiro atoms. The number of carbonyl (C=O) groups excluding carboxylic acids is 1. The van der Waals surface area contributed by atoms with Crippen LogP contribution >= 0.6 is 0 Å². The van der Waals surface area contributed by atoms with Crippen LogP contribution in [0.1, 0.15) is 26.2 Å². The lowest BCUT2D eigenvalue weighted by Crippen LogP contribution is -2.41. The average Bonchev–Trinajstić information content (AvgIpc) is 3.17. The number of carbonyl (C=O) groups is 2. The van der Waals surface area contributed by atoms with Gasteiger partial charge in [0.05, 0.1) is 0 Å². The molecule has 0 saturated carbocycles. The van der Waals surface area contributed by atoms with Crippen LogP contribution in [0.15, 0.2) is 64.9 Å². The van der Waals surface area contributed by atoms with E-state index in [0.29, 0.717) is 24.3 Å². The van der Waals surface area contributed by atoms with Crippen LogP contribution in [0.4, 0.5) is 0 Å². The molecule has 0 fully saturated rings. The van der Waals surface area contributed by atoms with Crippen molar-refractivity contribution in [1.82, 2.24) is 10.5 Å². The molecule has 1 heterocycles. The van der Waals surface area contributed by atoms with Gasteiger partial charge < -0.3 is 14.6 Å². The van der Waals surface area contributed by atoms with Crippen molar-refractivity contribution < 1.29 is 24.2 Å². The number of carboxylic acids is 1. The summed E-state index contributed by atoms with van der Waals surface area (Å²) in [6.07, 6.45) is 0.105.